The van der Waals surface area contributed by atoms with Crippen molar-refractivity contribution in [1.82, 2.24) is 10.2 Å². The zero-order valence-corrected chi connectivity index (χ0v) is 14.1. The van der Waals surface area contributed by atoms with Crippen LogP contribution in [0.2, 0.25) is 0 Å². The van der Waals surface area contributed by atoms with Gasteiger partial charge in [-0.25, -0.2) is 0 Å². The van der Waals surface area contributed by atoms with Gasteiger partial charge < -0.3 is 15.3 Å². The molecule has 0 saturated carbocycles. The Morgan fingerprint density at radius 1 is 1.25 bits per heavy atom. The summed E-state index contributed by atoms with van der Waals surface area (Å²) in [7, 11) is 0. The normalized spacial score (nSPS) is 23.6. The number of aliphatic hydroxyl groups is 1. The fourth-order valence-electron chi connectivity index (χ4n) is 3.19. The van der Waals surface area contributed by atoms with Gasteiger partial charge in [0.2, 0.25) is 0 Å². The smallest absolute Gasteiger partial charge is 0.0585 e. The van der Waals surface area contributed by atoms with Crippen molar-refractivity contribution in [1.29, 1.82) is 0 Å². The minimum absolute atomic E-state index is 0.262. The largest absolute Gasteiger partial charge is 0.395 e. The van der Waals surface area contributed by atoms with Crippen LogP contribution >= 0.6 is 0 Å². The van der Waals surface area contributed by atoms with Gasteiger partial charge >= 0.3 is 0 Å². The monoisotopic (exact) mass is 284 g/mol. The zero-order valence-electron chi connectivity index (χ0n) is 14.1. The van der Waals surface area contributed by atoms with Crippen molar-refractivity contribution < 1.29 is 5.11 Å². The van der Waals surface area contributed by atoms with Gasteiger partial charge in [0.1, 0.15) is 0 Å². The summed E-state index contributed by atoms with van der Waals surface area (Å²) >= 11 is 0. The van der Waals surface area contributed by atoms with Gasteiger partial charge in [0.25, 0.3) is 0 Å². The van der Waals surface area contributed by atoms with Crippen molar-refractivity contribution in [3.63, 3.8) is 0 Å². The van der Waals surface area contributed by atoms with E-state index in [0.717, 1.165) is 31.8 Å². The van der Waals surface area contributed by atoms with Crippen LogP contribution in [-0.4, -0.2) is 48.8 Å². The van der Waals surface area contributed by atoms with E-state index in [1.54, 1.807) is 0 Å². The van der Waals surface area contributed by atoms with Gasteiger partial charge in [-0.3, -0.25) is 0 Å². The summed E-state index contributed by atoms with van der Waals surface area (Å²) in [6, 6.07) is 0.275. The van der Waals surface area contributed by atoms with Crippen LogP contribution in [0, 0.1) is 11.3 Å². The van der Waals surface area contributed by atoms with E-state index in [1.165, 1.54) is 32.4 Å². The predicted molar refractivity (Wildman–Crippen MR) is 87.0 cm³/mol. The lowest BCUT2D eigenvalue weighted by atomic mass is 9.77. The van der Waals surface area contributed by atoms with Crippen LogP contribution in [0.25, 0.3) is 0 Å². The second-order valence-electron chi connectivity index (χ2n) is 7.46. The quantitative estimate of drug-likeness (QED) is 0.754. The molecule has 3 nitrogen and oxygen atoms in total. The Morgan fingerprint density at radius 2 is 2.00 bits per heavy atom. The Morgan fingerprint density at radius 3 is 2.60 bits per heavy atom. The van der Waals surface area contributed by atoms with Gasteiger partial charge in [0.05, 0.1) is 6.61 Å². The maximum Gasteiger partial charge on any atom is 0.0585 e. The summed E-state index contributed by atoms with van der Waals surface area (Å²) in [5.74, 6) is 0.861. The number of nitrogens with zero attached hydrogens (tertiary/aromatic N) is 1. The van der Waals surface area contributed by atoms with E-state index in [4.69, 9.17) is 0 Å². The third-order valence-electron chi connectivity index (χ3n) is 4.74. The van der Waals surface area contributed by atoms with Gasteiger partial charge in [-0.2, -0.15) is 0 Å². The molecule has 0 amide bonds. The minimum Gasteiger partial charge on any atom is -0.395 e. The highest BCUT2D eigenvalue weighted by Crippen LogP contribution is 2.34. The summed E-state index contributed by atoms with van der Waals surface area (Å²) in [5.41, 5.74) is 0.451. The Hall–Kier alpha value is -0.120. The van der Waals surface area contributed by atoms with E-state index in [1.807, 2.05) is 0 Å². The Labute approximate surface area is 126 Å². The SMILES string of the molecule is CCCNC(CO)CCN1CCCC(C(C)(C)C)CC1. The molecule has 0 aromatic heterocycles. The predicted octanol–water partition coefficient (Wildman–Crippen LogP) is 2.89. The average Bonchev–Trinajstić information content (AvgIpc) is 2.64. The molecule has 2 N–H and O–H groups in total. The van der Waals surface area contributed by atoms with Crippen LogP contribution in [0.15, 0.2) is 0 Å². The fraction of sp³-hybridized carbons (Fsp3) is 1.00. The van der Waals surface area contributed by atoms with Gasteiger partial charge in [-0.15, -0.1) is 0 Å². The van der Waals surface area contributed by atoms with E-state index in [9.17, 15) is 5.11 Å². The molecule has 1 heterocycles. The molecule has 0 aromatic rings. The molecule has 1 aliphatic heterocycles. The van der Waals surface area contributed by atoms with Crippen LogP contribution in [-0.2, 0) is 0 Å². The Kier molecular flexibility index (Phi) is 8.08. The molecule has 2 unspecified atom stereocenters. The summed E-state index contributed by atoms with van der Waals surface area (Å²) in [6.07, 6.45) is 6.23. The summed E-state index contributed by atoms with van der Waals surface area (Å²) in [5, 5.41) is 12.8. The third kappa shape index (κ3) is 6.55. The fourth-order valence-corrected chi connectivity index (χ4v) is 3.19. The molecule has 2 atom stereocenters. The topological polar surface area (TPSA) is 35.5 Å². The number of hydrogen-bond donors (Lipinski definition) is 2. The highest BCUT2D eigenvalue weighted by molar-refractivity contribution is 4.79. The first-order chi connectivity index (χ1) is 9.47. The van der Waals surface area contributed by atoms with Crippen molar-refractivity contribution in [3.05, 3.63) is 0 Å². The van der Waals surface area contributed by atoms with Crippen LogP contribution in [0.5, 0.6) is 0 Å². The molecular weight excluding hydrogens is 248 g/mol. The third-order valence-corrected chi connectivity index (χ3v) is 4.74. The number of likely N-dealkylation sites (tertiary alicyclic amines) is 1. The lowest BCUT2D eigenvalue weighted by molar-refractivity contribution is 0.194. The summed E-state index contributed by atoms with van der Waals surface area (Å²) in [4.78, 5) is 2.60. The summed E-state index contributed by atoms with van der Waals surface area (Å²) in [6.45, 7) is 14.2. The highest BCUT2D eigenvalue weighted by atomic mass is 16.3. The molecule has 0 aliphatic carbocycles. The number of hydrogen-bond acceptors (Lipinski definition) is 3. The lowest BCUT2D eigenvalue weighted by Crippen LogP contribution is -2.37. The molecular formula is C17H36N2O. The van der Waals surface area contributed by atoms with Crippen molar-refractivity contribution in [2.45, 2.75) is 65.8 Å². The first-order valence-corrected chi connectivity index (χ1v) is 8.54. The van der Waals surface area contributed by atoms with E-state index in [0.29, 0.717) is 5.41 Å². The van der Waals surface area contributed by atoms with Gasteiger partial charge in [0, 0.05) is 6.04 Å². The molecule has 1 aliphatic rings. The van der Waals surface area contributed by atoms with E-state index in [-0.39, 0.29) is 12.6 Å². The molecule has 20 heavy (non-hydrogen) atoms. The van der Waals surface area contributed by atoms with Crippen LogP contribution < -0.4 is 5.32 Å². The second-order valence-corrected chi connectivity index (χ2v) is 7.46. The van der Waals surface area contributed by atoms with E-state index < -0.39 is 0 Å². The van der Waals surface area contributed by atoms with Crippen LogP contribution in [0.4, 0.5) is 0 Å². The Balaban J connectivity index is 2.31. The molecule has 120 valence electrons. The van der Waals surface area contributed by atoms with Gasteiger partial charge in [-0.05, 0) is 69.6 Å². The van der Waals surface area contributed by atoms with Crippen LogP contribution in [0.1, 0.15) is 59.8 Å². The van der Waals surface area contributed by atoms with Gasteiger partial charge in [-0.1, -0.05) is 27.7 Å². The molecule has 1 fully saturated rings. The molecule has 0 bridgehead atoms. The summed E-state index contributed by atoms with van der Waals surface area (Å²) < 4.78 is 0. The molecule has 3 heteroatoms. The number of rotatable bonds is 7. The van der Waals surface area contributed by atoms with Crippen molar-refractivity contribution in [3.8, 4) is 0 Å². The molecule has 0 spiro atoms. The highest BCUT2D eigenvalue weighted by Gasteiger charge is 2.27. The maximum absolute atomic E-state index is 9.41. The van der Waals surface area contributed by atoms with E-state index >= 15 is 0 Å². The number of nitrogens with one attached hydrogen (secondary N) is 1. The van der Waals surface area contributed by atoms with Crippen LogP contribution in [0.3, 0.4) is 0 Å². The van der Waals surface area contributed by atoms with Crippen molar-refractivity contribution >= 4 is 0 Å². The molecule has 1 saturated heterocycles. The minimum atomic E-state index is 0.262. The zero-order chi connectivity index (χ0) is 15.0. The second kappa shape index (κ2) is 9.01. The standard InChI is InChI=1S/C17H36N2O/c1-5-10-18-16(14-20)9-13-19-11-6-7-15(8-12-19)17(2,3)4/h15-16,18,20H,5-14H2,1-4H3. The lowest BCUT2D eigenvalue weighted by Gasteiger charge is -2.30. The first-order valence-electron chi connectivity index (χ1n) is 8.54. The van der Waals surface area contributed by atoms with Gasteiger partial charge in [0.15, 0.2) is 0 Å². The van der Waals surface area contributed by atoms with Crippen molar-refractivity contribution in [2.75, 3.05) is 32.8 Å². The first kappa shape index (κ1) is 17.9. The Bertz CT molecular complexity index is 250. The molecule has 1 rings (SSSR count). The number of aliphatic hydroxyl groups excluding tert-OH is 1. The van der Waals surface area contributed by atoms with Crippen molar-refractivity contribution in [2.24, 2.45) is 11.3 Å². The van der Waals surface area contributed by atoms with E-state index in [2.05, 4.69) is 37.9 Å². The maximum atomic E-state index is 9.41. The molecule has 0 radical (unpaired) electrons. The average molecular weight is 284 g/mol. The molecule has 0 aromatic carbocycles.